The quantitative estimate of drug-likeness (QED) is 0.186. The highest BCUT2D eigenvalue weighted by Crippen LogP contribution is 2.36. The molecule has 0 aromatic heterocycles. The van der Waals surface area contributed by atoms with E-state index in [4.69, 9.17) is 0 Å². The summed E-state index contributed by atoms with van der Waals surface area (Å²) < 4.78 is 1.10. The van der Waals surface area contributed by atoms with E-state index in [0.29, 0.717) is 0 Å². The number of anilines is 3. The number of halogens is 1. The van der Waals surface area contributed by atoms with Crippen LogP contribution in [0.15, 0.2) is 156 Å². The Balaban J connectivity index is 1.43. The number of para-hydroxylation sites is 2. The molecule has 0 radical (unpaired) electrons. The molecule has 0 saturated heterocycles. The Bertz CT molecular complexity index is 1650. The van der Waals surface area contributed by atoms with Gasteiger partial charge < -0.3 is 4.90 Å². The summed E-state index contributed by atoms with van der Waals surface area (Å²) in [7, 11) is 0. The molecule has 2 heteroatoms. The molecule has 0 aliphatic carbocycles. The third kappa shape index (κ3) is 5.18. The van der Waals surface area contributed by atoms with Crippen molar-refractivity contribution in [2.24, 2.45) is 0 Å². The maximum Gasteiger partial charge on any atom is 0.0462 e. The summed E-state index contributed by atoms with van der Waals surface area (Å²) in [4.78, 5) is 2.29. The molecular weight excluding hydrogens is 526 g/mol. The zero-order chi connectivity index (χ0) is 25.7. The lowest BCUT2D eigenvalue weighted by Crippen LogP contribution is -2.09. The van der Waals surface area contributed by atoms with Crippen LogP contribution in [0, 0.1) is 0 Å². The van der Waals surface area contributed by atoms with Crippen LogP contribution in [0.1, 0.15) is 16.7 Å². The fourth-order valence-corrected chi connectivity index (χ4v) is 5.21. The van der Waals surface area contributed by atoms with E-state index in [1.165, 1.54) is 33.0 Å². The van der Waals surface area contributed by atoms with Crippen molar-refractivity contribution in [1.29, 1.82) is 0 Å². The van der Waals surface area contributed by atoms with Gasteiger partial charge in [0.1, 0.15) is 0 Å². The molecule has 6 aromatic rings. The smallest absolute Gasteiger partial charge is 0.0462 e. The second kappa shape index (κ2) is 10.9. The van der Waals surface area contributed by atoms with Gasteiger partial charge in [-0.2, -0.15) is 0 Å². The normalized spacial score (nSPS) is 11.4. The number of fused-ring (bicyclic) bond motifs is 1. The Kier molecular flexibility index (Phi) is 6.89. The molecule has 0 N–H and O–H groups in total. The van der Waals surface area contributed by atoms with Gasteiger partial charge in [0.2, 0.25) is 0 Å². The van der Waals surface area contributed by atoms with Crippen LogP contribution in [0.3, 0.4) is 0 Å². The molecule has 0 spiro atoms. The highest BCUT2D eigenvalue weighted by Gasteiger charge is 2.13. The van der Waals surface area contributed by atoms with E-state index < -0.39 is 0 Å². The van der Waals surface area contributed by atoms with Gasteiger partial charge in [-0.1, -0.05) is 113 Å². The summed E-state index contributed by atoms with van der Waals surface area (Å²) >= 11 is 3.58. The van der Waals surface area contributed by atoms with E-state index in [0.717, 1.165) is 21.5 Å². The van der Waals surface area contributed by atoms with Gasteiger partial charge in [-0.05, 0) is 93.7 Å². The Hall–Kier alpha value is -4.40. The Morgan fingerprint density at radius 3 is 1.61 bits per heavy atom. The Labute approximate surface area is 232 Å². The van der Waals surface area contributed by atoms with Gasteiger partial charge >= 0.3 is 0 Å². The van der Waals surface area contributed by atoms with E-state index in [2.05, 4.69) is 179 Å². The van der Waals surface area contributed by atoms with Gasteiger partial charge in [-0.15, -0.1) is 0 Å². The van der Waals surface area contributed by atoms with Gasteiger partial charge in [-0.3, -0.25) is 0 Å². The number of hydrogen-bond acceptors (Lipinski definition) is 1. The topological polar surface area (TPSA) is 3.24 Å². The molecule has 0 heterocycles. The number of benzene rings is 6. The summed E-state index contributed by atoms with van der Waals surface area (Å²) in [6, 6.07) is 53.6. The zero-order valence-corrected chi connectivity index (χ0v) is 22.4. The van der Waals surface area contributed by atoms with Gasteiger partial charge in [0.15, 0.2) is 0 Å². The number of rotatable bonds is 6. The SMILES string of the molecule is Brc1ccc2cc(/C=C(/c3ccccc3)c3ccc(N(c4ccccc4)c4ccccc4)cc3)ccc2c1. The van der Waals surface area contributed by atoms with Crippen LogP contribution in [-0.4, -0.2) is 0 Å². The van der Waals surface area contributed by atoms with Crippen molar-refractivity contribution in [1.82, 2.24) is 0 Å². The van der Waals surface area contributed by atoms with Crippen LogP contribution in [0.25, 0.3) is 22.4 Å². The molecule has 0 aliphatic heterocycles. The lowest BCUT2D eigenvalue weighted by atomic mass is 9.94. The molecule has 6 rings (SSSR count). The largest absolute Gasteiger partial charge is 0.311 e. The maximum absolute atomic E-state index is 3.58. The predicted molar refractivity (Wildman–Crippen MR) is 166 cm³/mol. The third-order valence-corrected chi connectivity index (χ3v) is 7.18. The van der Waals surface area contributed by atoms with Crippen molar-refractivity contribution >= 4 is 55.4 Å². The minimum absolute atomic E-state index is 1.10. The van der Waals surface area contributed by atoms with E-state index in [1.54, 1.807) is 0 Å². The first-order valence-electron chi connectivity index (χ1n) is 12.7. The maximum atomic E-state index is 3.58. The summed E-state index contributed by atoms with van der Waals surface area (Å²) in [5, 5.41) is 2.45. The van der Waals surface area contributed by atoms with Crippen LogP contribution in [0.4, 0.5) is 17.1 Å². The Morgan fingerprint density at radius 2 is 0.974 bits per heavy atom. The van der Waals surface area contributed by atoms with E-state index >= 15 is 0 Å². The predicted octanol–water partition coefficient (Wildman–Crippen LogP) is 10.7. The summed E-state index contributed by atoms with van der Waals surface area (Å²) in [6.07, 6.45) is 2.29. The van der Waals surface area contributed by atoms with Crippen molar-refractivity contribution < 1.29 is 0 Å². The van der Waals surface area contributed by atoms with E-state index in [9.17, 15) is 0 Å². The fourth-order valence-electron chi connectivity index (χ4n) is 4.83. The molecule has 0 bridgehead atoms. The third-order valence-electron chi connectivity index (χ3n) is 6.69. The lowest BCUT2D eigenvalue weighted by molar-refractivity contribution is 1.28. The first-order chi connectivity index (χ1) is 18.7. The van der Waals surface area contributed by atoms with Crippen LogP contribution >= 0.6 is 15.9 Å². The van der Waals surface area contributed by atoms with Gasteiger partial charge in [0.05, 0.1) is 0 Å². The molecule has 38 heavy (non-hydrogen) atoms. The second-order valence-electron chi connectivity index (χ2n) is 9.23. The first-order valence-corrected chi connectivity index (χ1v) is 13.5. The minimum atomic E-state index is 1.10. The van der Waals surface area contributed by atoms with Crippen molar-refractivity contribution in [2.45, 2.75) is 0 Å². The number of hydrogen-bond donors (Lipinski definition) is 0. The first kappa shape index (κ1) is 24.0. The molecular formula is C36H26BrN. The van der Waals surface area contributed by atoms with Crippen molar-refractivity contribution in [3.05, 3.63) is 173 Å². The van der Waals surface area contributed by atoms with Crippen LogP contribution in [0.5, 0.6) is 0 Å². The number of nitrogens with zero attached hydrogens (tertiary/aromatic N) is 1. The second-order valence-corrected chi connectivity index (χ2v) is 10.1. The highest BCUT2D eigenvalue weighted by molar-refractivity contribution is 9.10. The summed E-state index contributed by atoms with van der Waals surface area (Å²) in [6.45, 7) is 0. The van der Waals surface area contributed by atoms with Gasteiger partial charge in [-0.25, -0.2) is 0 Å². The van der Waals surface area contributed by atoms with E-state index in [1.807, 2.05) is 0 Å². The monoisotopic (exact) mass is 551 g/mol. The minimum Gasteiger partial charge on any atom is -0.311 e. The van der Waals surface area contributed by atoms with Crippen LogP contribution in [-0.2, 0) is 0 Å². The molecule has 0 amide bonds. The molecule has 0 unspecified atom stereocenters. The van der Waals surface area contributed by atoms with Crippen molar-refractivity contribution in [3.8, 4) is 0 Å². The zero-order valence-electron chi connectivity index (χ0n) is 20.8. The molecule has 182 valence electrons. The van der Waals surface area contributed by atoms with E-state index in [-0.39, 0.29) is 0 Å². The average molecular weight is 553 g/mol. The Morgan fingerprint density at radius 1 is 0.474 bits per heavy atom. The average Bonchev–Trinajstić information content (AvgIpc) is 2.98. The van der Waals surface area contributed by atoms with Crippen molar-refractivity contribution in [3.63, 3.8) is 0 Å². The molecule has 0 atom stereocenters. The summed E-state index contributed by atoms with van der Waals surface area (Å²) in [5.41, 5.74) is 8.13. The summed E-state index contributed by atoms with van der Waals surface area (Å²) in [5.74, 6) is 0. The molecule has 1 nitrogen and oxygen atoms in total. The highest BCUT2D eigenvalue weighted by atomic mass is 79.9. The van der Waals surface area contributed by atoms with Gasteiger partial charge in [0, 0.05) is 21.5 Å². The molecule has 0 aliphatic rings. The molecule has 0 saturated carbocycles. The van der Waals surface area contributed by atoms with Crippen LogP contribution in [0.2, 0.25) is 0 Å². The molecule has 0 fully saturated rings. The standard InChI is InChI=1S/C36H26BrN/c37-32-21-18-30-24-27(16-17-31(30)26-32)25-36(28-10-4-1-5-11-28)29-19-22-35(23-20-29)38(33-12-6-2-7-13-33)34-14-8-3-9-15-34/h1-26H/b36-25-. The van der Waals surface area contributed by atoms with Crippen LogP contribution < -0.4 is 4.90 Å². The van der Waals surface area contributed by atoms with Crippen molar-refractivity contribution in [2.75, 3.05) is 4.90 Å². The lowest BCUT2D eigenvalue weighted by Gasteiger charge is -2.25. The molecule has 6 aromatic carbocycles. The fraction of sp³-hybridized carbons (Fsp3) is 0. The van der Waals surface area contributed by atoms with Gasteiger partial charge in [0.25, 0.3) is 0 Å².